The molecule has 1 aliphatic rings. The largest absolute Gasteiger partial charge is 0.454 e. The second-order valence-corrected chi connectivity index (χ2v) is 8.99. The third-order valence-electron chi connectivity index (χ3n) is 5.77. The average molecular weight is 397 g/mol. The number of carbonyl (C=O) groups excluding carboxylic acids is 1. The van der Waals surface area contributed by atoms with Gasteiger partial charge >= 0.3 is 0 Å². The van der Waals surface area contributed by atoms with Gasteiger partial charge in [0.1, 0.15) is 5.76 Å². The van der Waals surface area contributed by atoms with Crippen LogP contribution in [0.2, 0.25) is 0 Å². The number of hydrogen-bond acceptors (Lipinski definition) is 4. The van der Waals surface area contributed by atoms with E-state index in [0.29, 0.717) is 23.7 Å². The molecule has 3 aromatic rings. The Bertz CT molecular complexity index is 938. The Hall–Kier alpha value is -2.11. The first-order valence-electron chi connectivity index (χ1n) is 10.2. The van der Waals surface area contributed by atoms with E-state index in [1.165, 1.54) is 32.1 Å². The van der Waals surface area contributed by atoms with Gasteiger partial charge in [-0.05, 0) is 26.8 Å². The zero-order chi connectivity index (χ0) is 19.5. The van der Waals surface area contributed by atoms with Crippen LogP contribution in [0.5, 0.6) is 0 Å². The maximum atomic E-state index is 12.9. The number of aryl methyl sites for hydroxylation is 1. The van der Waals surface area contributed by atoms with E-state index in [4.69, 9.17) is 4.42 Å². The van der Waals surface area contributed by atoms with Crippen LogP contribution in [0.4, 0.5) is 0 Å². The van der Waals surface area contributed by atoms with E-state index >= 15 is 0 Å². The van der Waals surface area contributed by atoms with Crippen LogP contribution in [0.1, 0.15) is 47.3 Å². The number of furan rings is 1. The SMILES string of the molecule is Cc1sc2cc(-c3ccccc3)oc2c1C(=O)NCCN(C)C1CCCCC1. The maximum absolute atomic E-state index is 12.9. The van der Waals surface area contributed by atoms with Crippen molar-refractivity contribution in [2.24, 2.45) is 0 Å². The number of nitrogens with one attached hydrogen (secondary N) is 1. The number of thiophene rings is 1. The molecule has 0 unspecified atom stereocenters. The van der Waals surface area contributed by atoms with Crippen LogP contribution in [0.3, 0.4) is 0 Å². The second-order valence-electron chi connectivity index (χ2n) is 7.73. The van der Waals surface area contributed by atoms with Crippen LogP contribution in [0.25, 0.3) is 21.6 Å². The highest BCUT2D eigenvalue weighted by Gasteiger charge is 2.22. The smallest absolute Gasteiger partial charge is 0.256 e. The fourth-order valence-electron chi connectivity index (χ4n) is 4.15. The lowest BCUT2D eigenvalue weighted by atomic mass is 9.94. The molecule has 0 atom stereocenters. The molecule has 0 aliphatic heterocycles. The molecule has 0 saturated heterocycles. The molecular formula is C23H28N2O2S. The van der Waals surface area contributed by atoms with Crippen molar-refractivity contribution in [3.8, 4) is 11.3 Å². The zero-order valence-electron chi connectivity index (χ0n) is 16.7. The summed E-state index contributed by atoms with van der Waals surface area (Å²) in [5, 5.41) is 3.10. The maximum Gasteiger partial charge on any atom is 0.256 e. The molecule has 4 nitrogen and oxygen atoms in total. The Kier molecular flexibility index (Phi) is 5.83. The van der Waals surface area contributed by atoms with Gasteiger partial charge in [0.15, 0.2) is 5.58 Å². The number of rotatable bonds is 6. The number of likely N-dealkylation sites (N-methyl/N-ethyl adjacent to an activating group) is 1. The molecule has 1 N–H and O–H groups in total. The summed E-state index contributed by atoms with van der Waals surface area (Å²) in [6, 6.07) is 12.7. The first kappa shape index (κ1) is 19.2. The topological polar surface area (TPSA) is 45.5 Å². The van der Waals surface area contributed by atoms with Gasteiger partial charge in [-0.2, -0.15) is 0 Å². The summed E-state index contributed by atoms with van der Waals surface area (Å²) in [4.78, 5) is 16.3. The molecule has 1 fully saturated rings. The van der Waals surface area contributed by atoms with Crippen LogP contribution in [0, 0.1) is 6.92 Å². The van der Waals surface area contributed by atoms with E-state index in [0.717, 1.165) is 27.4 Å². The van der Waals surface area contributed by atoms with Gasteiger partial charge in [0.2, 0.25) is 0 Å². The lowest BCUT2D eigenvalue weighted by molar-refractivity contribution is 0.0945. The van der Waals surface area contributed by atoms with Gasteiger partial charge in [0, 0.05) is 35.6 Å². The van der Waals surface area contributed by atoms with Crippen molar-refractivity contribution in [3.63, 3.8) is 0 Å². The number of hydrogen-bond donors (Lipinski definition) is 1. The Morgan fingerprint density at radius 2 is 1.96 bits per heavy atom. The fraction of sp³-hybridized carbons (Fsp3) is 0.435. The summed E-state index contributed by atoms with van der Waals surface area (Å²) >= 11 is 1.62. The first-order valence-corrected chi connectivity index (χ1v) is 11.0. The predicted octanol–water partition coefficient (Wildman–Crippen LogP) is 5.46. The summed E-state index contributed by atoms with van der Waals surface area (Å²) in [6.07, 6.45) is 6.58. The lowest BCUT2D eigenvalue weighted by Gasteiger charge is -2.31. The van der Waals surface area contributed by atoms with E-state index in [-0.39, 0.29) is 5.91 Å². The van der Waals surface area contributed by atoms with Gasteiger partial charge in [-0.1, -0.05) is 49.6 Å². The molecular weight excluding hydrogens is 368 g/mol. The first-order chi connectivity index (χ1) is 13.6. The van der Waals surface area contributed by atoms with Crippen molar-refractivity contribution >= 4 is 27.5 Å². The molecule has 5 heteroatoms. The Labute approximate surface area is 170 Å². The summed E-state index contributed by atoms with van der Waals surface area (Å²) in [5.41, 5.74) is 2.42. The monoisotopic (exact) mass is 396 g/mol. The molecule has 2 aromatic heterocycles. The minimum Gasteiger partial charge on any atom is -0.454 e. The van der Waals surface area contributed by atoms with Crippen molar-refractivity contribution in [3.05, 3.63) is 46.8 Å². The highest BCUT2D eigenvalue weighted by Crippen LogP contribution is 2.36. The second kappa shape index (κ2) is 8.50. The quantitative estimate of drug-likeness (QED) is 0.601. The van der Waals surface area contributed by atoms with Crippen molar-refractivity contribution in [1.29, 1.82) is 0 Å². The lowest BCUT2D eigenvalue weighted by Crippen LogP contribution is -2.39. The van der Waals surface area contributed by atoms with Crippen molar-refractivity contribution in [2.45, 2.75) is 45.1 Å². The number of fused-ring (bicyclic) bond motifs is 1. The van der Waals surface area contributed by atoms with E-state index in [9.17, 15) is 4.79 Å². The molecule has 1 aliphatic carbocycles. The van der Waals surface area contributed by atoms with Crippen LogP contribution in [-0.2, 0) is 0 Å². The van der Waals surface area contributed by atoms with Gasteiger partial charge in [0.05, 0.1) is 10.3 Å². The zero-order valence-corrected chi connectivity index (χ0v) is 17.5. The molecule has 2 heterocycles. The van der Waals surface area contributed by atoms with Gasteiger partial charge in [-0.25, -0.2) is 0 Å². The highest BCUT2D eigenvalue weighted by molar-refractivity contribution is 7.19. The van der Waals surface area contributed by atoms with Crippen LogP contribution < -0.4 is 5.32 Å². The van der Waals surface area contributed by atoms with Crippen LogP contribution in [-0.4, -0.2) is 37.0 Å². The normalized spacial score (nSPS) is 15.4. The Morgan fingerprint density at radius 3 is 2.71 bits per heavy atom. The number of amides is 1. The van der Waals surface area contributed by atoms with Gasteiger partial charge in [-0.3, -0.25) is 4.79 Å². The van der Waals surface area contributed by atoms with Crippen molar-refractivity contribution in [1.82, 2.24) is 10.2 Å². The highest BCUT2D eigenvalue weighted by atomic mass is 32.1. The van der Waals surface area contributed by atoms with E-state index < -0.39 is 0 Å². The van der Waals surface area contributed by atoms with Gasteiger partial charge in [-0.15, -0.1) is 11.3 Å². The van der Waals surface area contributed by atoms with Gasteiger partial charge < -0.3 is 14.6 Å². The van der Waals surface area contributed by atoms with Gasteiger partial charge in [0.25, 0.3) is 5.91 Å². The minimum absolute atomic E-state index is 0.0326. The summed E-state index contributed by atoms with van der Waals surface area (Å²) < 4.78 is 7.12. The number of carbonyl (C=O) groups is 1. The average Bonchev–Trinajstić information content (AvgIpc) is 3.25. The molecule has 1 amide bonds. The summed E-state index contributed by atoms with van der Waals surface area (Å²) in [6.45, 7) is 3.54. The Balaban J connectivity index is 1.43. The molecule has 1 aromatic carbocycles. The molecule has 148 valence electrons. The molecule has 28 heavy (non-hydrogen) atoms. The number of nitrogens with zero attached hydrogens (tertiary/aromatic N) is 1. The summed E-state index contributed by atoms with van der Waals surface area (Å²) in [7, 11) is 2.18. The summed E-state index contributed by atoms with van der Waals surface area (Å²) in [5.74, 6) is 0.780. The third-order valence-corrected chi connectivity index (χ3v) is 6.81. The van der Waals surface area contributed by atoms with Crippen molar-refractivity contribution < 1.29 is 9.21 Å². The number of benzene rings is 1. The standard InChI is InChI=1S/C23H28N2O2S/c1-16-21(23(26)24-13-14-25(2)18-11-7-4-8-12-18)22-20(28-16)15-19(27-22)17-9-5-3-6-10-17/h3,5-6,9-10,15,18H,4,7-8,11-14H2,1-2H3,(H,24,26). The van der Waals surface area contributed by atoms with Crippen LogP contribution >= 0.6 is 11.3 Å². The molecule has 1 saturated carbocycles. The van der Waals surface area contributed by atoms with E-state index in [1.807, 2.05) is 43.3 Å². The van der Waals surface area contributed by atoms with E-state index in [2.05, 4.69) is 17.3 Å². The molecule has 4 rings (SSSR count). The fourth-order valence-corrected chi connectivity index (χ4v) is 5.17. The Morgan fingerprint density at radius 1 is 1.21 bits per heavy atom. The predicted molar refractivity (Wildman–Crippen MR) is 116 cm³/mol. The minimum atomic E-state index is -0.0326. The molecule has 0 radical (unpaired) electrons. The molecule has 0 bridgehead atoms. The molecule has 0 spiro atoms. The van der Waals surface area contributed by atoms with Crippen LogP contribution in [0.15, 0.2) is 40.8 Å². The van der Waals surface area contributed by atoms with E-state index in [1.54, 1.807) is 11.3 Å². The third kappa shape index (κ3) is 4.01. The van der Waals surface area contributed by atoms with Crippen molar-refractivity contribution in [2.75, 3.05) is 20.1 Å².